The Labute approximate surface area is 168 Å². The van der Waals surface area contributed by atoms with Crippen LogP contribution in [-0.2, 0) is 0 Å². The highest BCUT2D eigenvalue weighted by molar-refractivity contribution is 9.10. The highest BCUT2D eigenvalue weighted by Gasteiger charge is 2.31. The molecule has 130 valence electrons. The number of aliphatic hydroxyl groups excluding tert-OH is 1. The van der Waals surface area contributed by atoms with E-state index in [4.69, 9.17) is 17.0 Å². The molecule has 4 rings (SSSR count). The predicted octanol–water partition coefficient (Wildman–Crippen LogP) is 5.99. The van der Waals surface area contributed by atoms with Gasteiger partial charge in [-0.15, -0.1) is 11.3 Å². The van der Waals surface area contributed by atoms with Gasteiger partial charge >= 0.3 is 0 Å². The van der Waals surface area contributed by atoms with Gasteiger partial charge in [0.15, 0.2) is 0 Å². The maximum atomic E-state index is 10.5. The highest BCUT2D eigenvalue weighted by atomic mass is 79.9. The molecule has 1 aliphatic rings. The number of halogens is 2. The van der Waals surface area contributed by atoms with Crippen LogP contribution in [0.3, 0.4) is 0 Å². The first-order chi connectivity index (χ1) is 12.5. The number of amidine groups is 1. The average molecular weight is 447 g/mol. The third kappa shape index (κ3) is 3.16. The Hall–Kier alpha value is -2.15. The van der Waals surface area contributed by atoms with Crippen molar-refractivity contribution in [1.29, 1.82) is 5.41 Å². The summed E-state index contributed by atoms with van der Waals surface area (Å²) >= 11 is 10.8. The summed E-state index contributed by atoms with van der Waals surface area (Å²) in [5.41, 5.74) is 3.08. The molecular formula is C19H13BrClN3OS. The van der Waals surface area contributed by atoms with Gasteiger partial charge < -0.3 is 10.0 Å². The lowest BCUT2D eigenvalue weighted by atomic mass is 10.2. The Morgan fingerprint density at radius 3 is 2.69 bits per heavy atom. The van der Waals surface area contributed by atoms with Crippen LogP contribution in [0.15, 0.2) is 64.1 Å². The second-order valence-corrected chi connectivity index (χ2v) is 7.99. The molecule has 2 aromatic carbocycles. The van der Waals surface area contributed by atoms with E-state index in [-0.39, 0.29) is 18.1 Å². The quantitative estimate of drug-likeness (QED) is 0.519. The molecule has 0 aliphatic carbocycles. The van der Waals surface area contributed by atoms with Gasteiger partial charge in [-0.2, -0.15) is 0 Å². The van der Waals surface area contributed by atoms with Crippen molar-refractivity contribution in [2.75, 3.05) is 11.4 Å². The first-order valence-electron chi connectivity index (χ1n) is 7.79. The minimum absolute atomic E-state index is 0.159. The molecule has 0 saturated carbocycles. The smallest absolute Gasteiger partial charge is 0.139 e. The lowest BCUT2D eigenvalue weighted by molar-refractivity contribution is 0.411. The minimum atomic E-state index is 0.159. The highest BCUT2D eigenvalue weighted by Crippen LogP contribution is 2.35. The first-order valence-corrected chi connectivity index (χ1v) is 9.84. The van der Waals surface area contributed by atoms with Gasteiger partial charge in [0.05, 0.1) is 17.8 Å². The van der Waals surface area contributed by atoms with Gasteiger partial charge in [-0.05, 0) is 30.3 Å². The topological polar surface area (TPSA) is 60.2 Å². The second kappa shape index (κ2) is 6.87. The molecule has 4 nitrogen and oxygen atoms in total. The number of nitrogens with zero attached hydrogens (tertiary/aromatic N) is 2. The molecule has 26 heavy (non-hydrogen) atoms. The number of thiazole rings is 1. The van der Waals surface area contributed by atoms with Crippen molar-refractivity contribution in [3.63, 3.8) is 0 Å². The van der Waals surface area contributed by atoms with Crippen LogP contribution in [0.25, 0.3) is 16.8 Å². The summed E-state index contributed by atoms with van der Waals surface area (Å²) in [4.78, 5) is 6.38. The van der Waals surface area contributed by atoms with Crippen molar-refractivity contribution >= 4 is 56.0 Å². The van der Waals surface area contributed by atoms with E-state index in [2.05, 4.69) is 20.9 Å². The Kier molecular flexibility index (Phi) is 4.56. The monoisotopic (exact) mass is 445 g/mol. The molecule has 0 amide bonds. The van der Waals surface area contributed by atoms with Crippen molar-refractivity contribution in [3.8, 4) is 11.3 Å². The summed E-state index contributed by atoms with van der Waals surface area (Å²) in [5.74, 6) is 0.407. The second-order valence-electron chi connectivity index (χ2n) is 5.78. The number of hydrogen-bond donors (Lipinski definition) is 2. The molecule has 1 aromatic heterocycles. The minimum Gasteiger partial charge on any atom is -0.510 e. The van der Waals surface area contributed by atoms with Crippen LogP contribution in [0.2, 0.25) is 5.02 Å². The van der Waals surface area contributed by atoms with Crippen LogP contribution in [-0.4, -0.2) is 22.5 Å². The fraction of sp³-hybridized carbons (Fsp3) is 0.0526. The largest absolute Gasteiger partial charge is 0.510 e. The SMILES string of the molecule is N=C1C(c2nc(-c3ccc(Cl)cc3)cs2)=C(O)CN1c1cccc(Br)c1. The number of aromatic nitrogens is 1. The van der Waals surface area contributed by atoms with Gasteiger partial charge in [0.2, 0.25) is 0 Å². The van der Waals surface area contributed by atoms with E-state index in [0.717, 1.165) is 21.4 Å². The number of hydrogen-bond acceptors (Lipinski definition) is 4. The standard InChI is InChI=1S/C19H13BrClN3OS/c20-12-2-1-3-14(8-12)24-9-16(25)17(18(24)22)19-23-15(10-26-19)11-4-6-13(21)7-5-11/h1-8,10,22,25H,9H2. The van der Waals surface area contributed by atoms with Gasteiger partial charge in [-0.3, -0.25) is 5.41 Å². The molecule has 2 N–H and O–H groups in total. The molecule has 7 heteroatoms. The fourth-order valence-corrected chi connectivity index (χ4v) is 4.22. The maximum absolute atomic E-state index is 10.5. The zero-order valence-corrected chi connectivity index (χ0v) is 16.6. The van der Waals surface area contributed by atoms with Crippen molar-refractivity contribution in [3.05, 3.63) is 74.2 Å². The van der Waals surface area contributed by atoms with Crippen LogP contribution in [0.1, 0.15) is 5.01 Å². The summed E-state index contributed by atoms with van der Waals surface area (Å²) in [5, 5.41) is 22.2. The number of rotatable bonds is 3. The molecule has 0 spiro atoms. The van der Waals surface area contributed by atoms with E-state index in [9.17, 15) is 5.11 Å². The molecule has 0 unspecified atom stereocenters. The fourth-order valence-electron chi connectivity index (χ4n) is 2.81. The summed E-state index contributed by atoms with van der Waals surface area (Å²) < 4.78 is 0.926. The van der Waals surface area contributed by atoms with Gasteiger partial charge in [0.1, 0.15) is 16.6 Å². The van der Waals surface area contributed by atoms with E-state index >= 15 is 0 Å². The summed E-state index contributed by atoms with van der Waals surface area (Å²) in [6.07, 6.45) is 0. The van der Waals surface area contributed by atoms with Crippen molar-refractivity contribution < 1.29 is 5.11 Å². The van der Waals surface area contributed by atoms with E-state index in [1.165, 1.54) is 11.3 Å². The van der Waals surface area contributed by atoms with Gasteiger partial charge in [0.25, 0.3) is 0 Å². The van der Waals surface area contributed by atoms with Crippen molar-refractivity contribution in [1.82, 2.24) is 4.98 Å². The molecule has 1 aliphatic heterocycles. The Bertz CT molecular complexity index is 1030. The van der Waals surface area contributed by atoms with E-state index in [1.54, 1.807) is 4.90 Å². The van der Waals surface area contributed by atoms with Crippen LogP contribution in [0.5, 0.6) is 0 Å². The molecule has 0 saturated heterocycles. The zero-order chi connectivity index (χ0) is 18.3. The Morgan fingerprint density at radius 1 is 1.19 bits per heavy atom. The third-order valence-corrected chi connectivity index (χ3v) is 5.69. The van der Waals surface area contributed by atoms with E-state index in [1.807, 2.05) is 53.9 Å². The van der Waals surface area contributed by atoms with E-state index < -0.39 is 0 Å². The lowest BCUT2D eigenvalue weighted by Gasteiger charge is -2.18. The van der Waals surface area contributed by atoms with Gasteiger partial charge in [-0.1, -0.05) is 45.7 Å². The molecule has 3 aromatic rings. The first kappa shape index (κ1) is 17.3. The predicted molar refractivity (Wildman–Crippen MR) is 111 cm³/mol. The average Bonchev–Trinajstić information content (AvgIpc) is 3.20. The van der Waals surface area contributed by atoms with Crippen LogP contribution in [0.4, 0.5) is 5.69 Å². The summed E-state index contributed by atoms with van der Waals surface area (Å²) in [7, 11) is 0. The van der Waals surface area contributed by atoms with Crippen LogP contribution >= 0.6 is 38.9 Å². The van der Waals surface area contributed by atoms with Crippen LogP contribution < -0.4 is 4.90 Å². The van der Waals surface area contributed by atoms with Gasteiger partial charge in [0, 0.05) is 26.1 Å². The number of benzene rings is 2. The molecule has 0 bridgehead atoms. The number of aliphatic hydroxyl groups is 1. The number of anilines is 1. The summed E-state index contributed by atoms with van der Waals surface area (Å²) in [6.45, 7) is 0.264. The lowest BCUT2D eigenvalue weighted by Crippen LogP contribution is -2.25. The van der Waals surface area contributed by atoms with Crippen molar-refractivity contribution in [2.24, 2.45) is 0 Å². The molecule has 0 fully saturated rings. The summed E-state index contributed by atoms with van der Waals surface area (Å²) in [6, 6.07) is 15.1. The molecular weight excluding hydrogens is 434 g/mol. The number of nitrogens with one attached hydrogen (secondary N) is 1. The Balaban J connectivity index is 1.65. The third-order valence-electron chi connectivity index (χ3n) is 4.08. The molecule has 2 heterocycles. The van der Waals surface area contributed by atoms with E-state index in [0.29, 0.717) is 15.6 Å². The zero-order valence-electron chi connectivity index (χ0n) is 13.4. The van der Waals surface area contributed by atoms with Gasteiger partial charge in [-0.25, -0.2) is 4.98 Å². The Morgan fingerprint density at radius 2 is 1.96 bits per heavy atom. The normalized spacial score (nSPS) is 14.4. The maximum Gasteiger partial charge on any atom is 0.139 e. The molecule has 0 radical (unpaired) electrons. The van der Waals surface area contributed by atoms with Crippen molar-refractivity contribution in [2.45, 2.75) is 0 Å². The van der Waals surface area contributed by atoms with Crippen LogP contribution in [0, 0.1) is 5.41 Å². The molecule has 0 atom stereocenters.